The fourth-order valence-corrected chi connectivity index (χ4v) is 3.41. The number of carbonyl (C=O) groups excluding carboxylic acids is 1. The molecular weight excluding hydrogens is 452 g/mol. The number of hydrogen-bond acceptors (Lipinski definition) is 11. The summed E-state index contributed by atoms with van der Waals surface area (Å²) in [5.74, 6) is -13.8. The first kappa shape index (κ1) is 33.1. The van der Waals surface area contributed by atoms with E-state index in [0.29, 0.717) is 6.42 Å². The van der Waals surface area contributed by atoms with E-state index in [1.165, 1.54) is 38.5 Å². The van der Waals surface area contributed by atoms with Crippen molar-refractivity contribution in [2.75, 3.05) is 26.4 Å². The van der Waals surface area contributed by atoms with E-state index in [1.807, 2.05) is 0 Å². The molecule has 0 bridgehead atoms. The Kier molecular flexibility index (Phi) is 15.6. The highest BCUT2D eigenvalue weighted by molar-refractivity contribution is 5.78. The van der Waals surface area contributed by atoms with Crippen LogP contribution in [-0.2, 0) is 9.53 Å². The smallest absolute Gasteiger partial charge is 0.372 e. The minimum Gasteiger partial charge on any atom is -0.461 e. The average Bonchev–Trinajstić information content (AvgIpc) is 2.80. The largest absolute Gasteiger partial charge is 0.461 e. The SMILES string of the molecule is CCCCCCCCCCCCCCC(O)(O)C(O)(O)C(O)(O)C(=O)OCC(CO)(CO)CO. The molecule has 0 atom stereocenters. The van der Waals surface area contributed by atoms with Crippen LogP contribution in [0.3, 0.4) is 0 Å². The minimum atomic E-state index is -4.15. The number of unbranched alkanes of at least 4 members (excludes halogenated alkanes) is 11. The van der Waals surface area contributed by atoms with E-state index >= 15 is 0 Å². The van der Waals surface area contributed by atoms with Gasteiger partial charge in [0.1, 0.15) is 6.61 Å². The van der Waals surface area contributed by atoms with Gasteiger partial charge in [-0.1, -0.05) is 77.6 Å². The third kappa shape index (κ3) is 10.00. The van der Waals surface area contributed by atoms with Gasteiger partial charge in [-0.05, 0) is 6.42 Å². The van der Waals surface area contributed by atoms with E-state index in [2.05, 4.69) is 11.7 Å². The maximum atomic E-state index is 12.0. The average molecular weight is 499 g/mol. The maximum Gasteiger partial charge on any atom is 0.372 e. The van der Waals surface area contributed by atoms with Gasteiger partial charge in [-0.2, -0.15) is 0 Å². The first-order valence-electron chi connectivity index (χ1n) is 12.2. The third-order valence-corrected chi connectivity index (χ3v) is 6.22. The Morgan fingerprint density at radius 3 is 1.41 bits per heavy atom. The molecule has 9 N–H and O–H groups in total. The van der Waals surface area contributed by atoms with Crippen LogP contribution in [0.4, 0.5) is 0 Å². The molecule has 11 nitrogen and oxygen atoms in total. The van der Waals surface area contributed by atoms with Crippen LogP contribution in [0.15, 0.2) is 0 Å². The highest BCUT2D eigenvalue weighted by atomic mass is 16.7. The molecule has 0 unspecified atom stereocenters. The number of rotatable bonds is 21. The molecular formula is C23H46O11. The summed E-state index contributed by atoms with van der Waals surface area (Å²) in [6.07, 6.45) is 11.3. The molecule has 0 aromatic carbocycles. The van der Waals surface area contributed by atoms with Crippen LogP contribution in [0.2, 0.25) is 0 Å². The lowest BCUT2D eigenvalue weighted by Crippen LogP contribution is -2.71. The maximum absolute atomic E-state index is 12.0. The van der Waals surface area contributed by atoms with Gasteiger partial charge in [-0.15, -0.1) is 0 Å². The van der Waals surface area contributed by atoms with Gasteiger partial charge in [-0.3, -0.25) is 0 Å². The number of aliphatic hydroxyl groups excluding tert-OH is 3. The monoisotopic (exact) mass is 498 g/mol. The molecule has 0 saturated heterocycles. The molecule has 0 saturated carbocycles. The third-order valence-electron chi connectivity index (χ3n) is 6.22. The number of aliphatic hydroxyl groups is 9. The first-order chi connectivity index (χ1) is 15.9. The van der Waals surface area contributed by atoms with Crippen molar-refractivity contribution in [3.05, 3.63) is 0 Å². The van der Waals surface area contributed by atoms with Gasteiger partial charge in [0.05, 0.1) is 25.2 Å². The molecule has 0 aromatic heterocycles. The van der Waals surface area contributed by atoms with Crippen molar-refractivity contribution in [2.45, 2.75) is 108 Å². The zero-order valence-corrected chi connectivity index (χ0v) is 20.4. The number of ether oxygens (including phenoxy) is 1. The van der Waals surface area contributed by atoms with Crippen molar-refractivity contribution >= 4 is 5.97 Å². The summed E-state index contributed by atoms with van der Waals surface area (Å²) < 4.78 is 4.48. The zero-order valence-electron chi connectivity index (χ0n) is 20.4. The van der Waals surface area contributed by atoms with Crippen molar-refractivity contribution in [3.8, 4) is 0 Å². The Labute approximate surface area is 201 Å². The summed E-state index contributed by atoms with van der Waals surface area (Å²) in [4.78, 5) is 12.0. The zero-order chi connectivity index (χ0) is 26.3. The van der Waals surface area contributed by atoms with E-state index in [0.717, 1.165) is 25.7 Å². The van der Waals surface area contributed by atoms with Crippen LogP contribution in [0.5, 0.6) is 0 Å². The number of esters is 1. The molecule has 0 radical (unpaired) electrons. The van der Waals surface area contributed by atoms with Gasteiger partial charge in [0.2, 0.25) is 5.79 Å². The quantitative estimate of drug-likeness (QED) is 0.0566. The Balaban J connectivity index is 4.49. The summed E-state index contributed by atoms with van der Waals surface area (Å²) in [5.41, 5.74) is -1.72. The second-order valence-electron chi connectivity index (χ2n) is 9.35. The summed E-state index contributed by atoms with van der Waals surface area (Å²) in [7, 11) is 0. The molecule has 0 aliphatic heterocycles. The molecule has 0 spiro atoms. The number of hydrogen-bond donors (Lipinski definition) is 9. The summed E-state index contributed by atoms with van der Waals surface area (Å²) in [6.45, 7) is -1.22. The van der Waals surface area contributed by atoms with Crippen LogP contribution in [0.25, 0.3) is 0 Å². The number of carbonyl (C=O) groups is 1. The molecule has 0 fully saturated rings. The predicted octanol–water partition coefficient (Wildman–Crippen LogP) is -0.373. The lowest BCUT2D eigenvalue weighted by molar-refractivity contribution is -0.442. The van der Waals surface area contributed by atoms with Crippen LogP contribution < -0.4 is 0 Å². The highest BCUT2D eigenvalue weighted by Gasteiger charge is 2.66. The van der Waals surface area contributed by atoms with Gasteiger partial charge >= 0.3 is 11.8 Å². The van der Waals surface area contributed by atoms with E-state index < -0.39 is 61.6 Å². The summed E-state index contributed by atoms with van der Waals surface area (Å²) in [5, 5.41) is 87.6. The van der Waals surface area contributed by atoms with E-state index in [1.54, 1.807) is 0 Å². The fraction of sp³-hybridized carbons (Fsp3) is 0.957. The lowest BCUT2D eigenvalue weighted by Gasteiger charge is -2.41. The van der Waals surface area contributed by atoms with Gasteiger partial charge < -0.3 is 50.7 Å². The fourth-order valence-electron chi connectivity index (χ4n) is 3.41. The van der Waals surface area contributed by atoms with Gasteiger partial charge in [-0.25, -0.2) is 4.79 Å². The topological polar surface area (TPSA) is 208 Å². The highest BCUT2D eigenvalue weighted by Crippen LogP contribution is 2.33. The van der Waals surface area contributed by atoms with Crippen LogP contribution in [0.1, 0.15) is 90.4 Å². The van der Waals surface area contributed by atoms with Crippen molar-refractivity contribution < 1.29 is 55.5 Å². The molecule has 204 valence electrons. The molecule has 0 aliphatic carbocycles. The Morgan fingerprint density at radius 2 is 1.03 bits per heavy atom. The molecule has 0 amide bonds. The van der Waals surface area contributed by atoms with Crippen molar-refractivity contribution in [2.24, 2.45) is 5.41 Å². The van der Waals surface area contributed by atoms with E-state index in [4.69, 9.17) is 0 Å². The second kappa shape index (κ2) is 16.0. The molecule has 0 heterocycles. The van der Waals surface area contributed by atoms with Crippen LogP contribution >= 0.6 is 0 Å². The van der Waals surface area contributed by atoms with Crippen molar-refractivity contribution in [3.63, 3.8) is 0 Å². The second-order valence-corrected chi connectivity index (χ2v) is 9.35. The normalized spacial score (nSPS) is 13.4. The Morgan fingerprint density at radius 1 is 0.647 bits per heavy atom. The molecule has 0 aromatic rings. The van der Waals surface area contributed by atoms with Gasteiger partial charge in [0.25, 0.3) is 5.79 Å². The van der Waals surface area contributed by atoms with Crippen molar-refractivity contribution in [1.82, 2.24) is 0 Å². The summed E-state index contributed by atoms with van der Waals surface area (Å²) in [6, 6.07) is 0. The minimum absolute atomic E-state index is 0.112. The van der Waals surface area contributed by atoms with E-state index in [-0.39, 0.29) is 6.42 Å². The Hall–Kier alpha value is -0.890. The van der Waals surface area contributed by atoms with Gasteiger partial charge in [0, 0.05) is 6.42 Å². The molecule has 0 aliphatic rings. The standard InChI is InChI=1S/C23H46O11/c1-2-3-4-5-6-7-8-9-10-11-12-13-14-21(28,29)23(32,33)22(30,31)19(27)34-18-20(15-24,16-25)17-26/h24-26,28-33H,2-18H2,1H3. The first-order valence-corrected chi connectivity index (χ1v) is 12.2. The van der Waals surface area contributed by atoms with Crippen LogP contribution in [0, 0.1) is 5.41 Å². The lowest BCUT2D eigenvalue weighted by atomic mass is 9.90. The van der Waals surface area contributed by atoms with Crippen molar-refractivity contribution in [1.29, 1.82) is 0 Å². The van der Waals surface area contributed by atoms with Gasteiger partial charge in [0.15, 0.2) is 0 Å². The van der Waals surface area contributed by atoms with Crippen LogP contribution in [-0.4, -0.2) is 95.7 Å². The molecule has 0 rings (SSSR count). The predicted molar refractivity (Wildman–Crippen MR) is 122 cm³/mol. The Bertz CT molecular complexity index is 537. The summed E-state index contributed by atoms with van der Waals surface area (Å²) >= 11 is 0. The molecule has 34 heavy (non-hydrogen) atoms. The van der Waals surface area contributed by atoms with E-state index in [9.17, 15) is 50.8 Å². The molecule has 11 heteroatoms.